The Morgan fingerprint density at radius 2 is 0.984 bits per heavy atom. The number of hydrogen-bond acceptors (Lipinski definition) is 2. The van der Waals surface area contributed by atoms with Gasteiger partial charge in [-0.05, 0) is 140 Å². The molecule has 1 aliphatic rings. The first-order valence-electron chi connectivity index (χ1n) is 23.2. The third-order valence-corrected chi connectivity index (χ3v) is 14.4. The average Bonchev–Trinajstić information content (AvgIpc) is 3.62. The molecule has 8 aromatic carbocycles. The zero-order chi connectivity index (χ0) is 44.5. The number of benzene rings is 8. The Labute approximate surface area is 382 Å². The molecule has 0 saturated carbocycles. The van der Waals surface area contributed by atoms with Crippen molar-refractivity contribution in [2.24, 2.45) is 16.7 Å². The molecule has 0 aromatic heterocycles. The first kappa shape index (κ1) is 42.7. The Bertz CT molecular complexity index is 2800. The first-order chi connectivity index (χ1) is 31.0. The molecule has 320 valence electrons. The van der Waals surface area contributed by atoms with Crippen LogP contribution in [0.1, 0.15) is 95.0 Å². The van der Waals surface area contributed by atoms with Crippen LogP contribution in [-0.4, -0.2) is 0 Å². The molecule has 2 heteroatoms. The summed E-state index contributed by atoms with van der Waals surface area (Å²) in [7, 11) is 0. The van der Waals surface area contributed by atoms with Crippen molar-refractivity contribution in [2.75, 3.05) is 4.90 Å². The molecule has 0 N–H and O–H groups in total. The minimum Gasteiger partial charge on any atom is -0.457 e. The molecular weight excluding hydrogens is 775 g/mol. The molecule has 3 unspecified atom stereocenters. The van der Waals surface area contributed by atoms with Crippen molar-refractivity contribution < 1.29 is 4.74 Å². The van der Waals surface area contributed by atoms with Gasteiger partial charge in [-0.1, -0.05) is 200 Å². The molecule has 1 aliphatic carbocycles. The lowest BCUT2D eigenvalue weighted by atomic mass is 9.67. The average molecular weight is 836 g/mol. The smallest absolute Gasteiger partial charge is 0.127 e. The van der Waals surface area contributed by atoms with Gasteiger partial charge in [0.15, 0.2) is 0 Å². The third kappa shape index (κ3) is 8.07. The van der Waals surface area contributed by atoms with Crippen molar-refractivity contribution in [3.05, 3.63) is 234 Å². The van der Waals surface area contributed by atoms with Crippen molar-refractivity contribution in [3.63, 3.8) is 0 Å². The van der Waals surface area contributed by atoms with Crippen LogP contribution in [0.4, 0.5) is 17.1 Å². The van der Waals surface area contributed by atoms with Crippen LogP contribution in [0.25, 0.3) is 22.3 Å². The lowest BCUT2D eigenvalue weighted by Crippen LogP contribution is -2.28. The van der Waals surface area contributed by atoms with Gasteiger partial charge < -0.3 is 9.64 Å². The molecule has 0 amide bonds. The van der Waals surface area contributed by atoms with Gasteiger partial charge in [-0.25, -0.2) is 0 Å². The number of anilines is 3. The van der Waals surface area contributed by atoms with E-state index in [2.05, 4.69) is 260 Å². The van der Waals surface area contributed by atoms with E-state index >= 15 is 0 Å². The summed E-state index contributed by atoms with van der Waals surface area (Å²) in [6, 6.07) is 75.0. The van der Waals surface area contributed by atoms with Gasteiger partial charge in [0.1, 0.15) is 11.5 Å². The molecule has 0 fully saturated rings. The van der Waals surface area contributed by atoms with Crippen molar-refractivity contribution in [1.29, 1.82) is 0 Å². The summed E-state index contributed by atoms with van der Waals surface area (Å²) in [6.45, 7) is 16.7. The molecule has 0 aliphatic heterocycles. The normalized spacial score (nSPS) is 15.5. The Balaban J connectivity index is 1.10. The molecule has 0 saturated heterocycles. The van der Waals surface area contributed by atoms with Gasteiger partial charge in [-0.15, -0.1) is 0 Å². The predicted octanol–water partition coefficient (Wildman–Crippen LogP) is 17.6. The number of para-hydroxylation sites is 1. The predicted molar refractivity (Wildman–Crippen MR) is 270 cm³/mol. The number of nitrogens with zero attached hydrogens (tertiary/aromatic N) is 1. The van der Waals surface area contributed by atoms with Gasteiger partial charge in [-0.2, -0.15) is 0 Å². The Hall–Kier alpha value is -6.64. The molecule has 8 aromatic rings. The Morgan fingerprint density at radius 3 is 1.61 bits per heavy atom. The van der Waals surface area contributed by atoms with E-state index < -0.39 is 5.41 Å². The zero-order valence-electron chi connectivity index (χ0n) is 38.6. The van der Waals surface area contributed by atoms with Gasteiger partial charge in [0.05, 0.1) is 5.41 Å². The highest BCUT2D eigenvalue weighted by molar-refractivity contribution is 5.89. The van der Waals surface area contributed by atoms with Crippen LogP contribution in [0.15, 0.2) is 206 Å². The second-order valence-corrected chi connectivity index (χ2v) is 19.6. The van der Waals surface area contributed by atoms with Crippen molar-refractivity contribution in [1.82, 2.24) is 0 Å². The number of ether oxygens (including phenoxy) is 1. The molecule has 9 rings (SSSR count). The lowest BCUT2D eigenvalue weighted by Gasteiger charge is -2.38. The number of hydrogen-bond donors (Lipinski definition) is 0. The highest BCUT2D eigenvalue weighted by atomic mass is 16.5. The van der Waals surface area contributed by atoms with Crippen LogP contribution in [0, 0.1) is 16.7 Å². The monoisotopic (exact) mass is 835 g/mol. The maximum absolute atomic E-state index is 6.63. The molecule has 0 radical (unpaired) electrons. The fraction of sp³-hybridized carbons (Fsp3) is 0.226. The van der Waals surface area contributed by atoms with E-state index in [0.29, 0.717) is 17.3 Å². The number of rotatable bonds is 13. The SMILES string of the molecule is CCC(C)(C)C(C)CC(c1ccc(Oc2ccc(C3(c4ccccc4)c4ccccc4-c4ccc(N(c5ccccc5)c5ccc(-c6ccccc6)cc5)cc43)cc2)cc1)C(C)(C)C. The molecule has 2 nitrogen and oxygen atoms in total. The minimum atomic E-state index is -0.575. The first-order valence-corrected chi connectivity index (χ1v) is 23.2. The van der Waals surface area contributed by atoms with Crippen molar-refractivity contribution >= 4 is 17.1 Å². The molecule has 0 spiro atoms. The van der Waals surface area contributed by atoms with Crippen LogP contribution in [0.5, 0.6) is 11.5 Å². The van der Waals surface area contributed by atoms with E-state index in [1.165, 1.54) is 56.5 Å². The maximum Gasteiger partial charge on any atom is 0.127 e. The van der Waals surface area contributed by atoms with E-state index in [4.69, 9.17) is 4.74 Å². The van der Waals surface area contributed by atoms with Crippen LogP contribution in [0.3, 0.4) is 0 Å². The minimum absolute atomic E-state index is 0.150. The van der Waals surface area contributed by atoms with Crippen LogP contribution in [0.2, 0.25) is 0 Å². The van der Waals surface area contributed by atoms with Crippen LogP contribution in [-0.2, 0) is 5.41 Å². The quantitative estimate of drug-likeness (QED) is 0.115. The summed E-state index contributed by atoms with van der Waals surface area (Å²) in [5.41, 5.74) is 14.4. The molecular formula is C62H61NO. The van der Waals surface area contributed by atoms with Gasteiger partial charge in [0.25, 0.3) is 0 Å². The maximum atomic E-state index is 6.63. The van der Waals surface area contributed by atoms with E-state index in [1.54, 1.807) is 0 Å². The summed E-state index contributed by atoms with van der Waals surface area (Å²) in [4.78, 5) is 2.38. The van der Waals surface area contributed by atoms with E-state index in [-0.39, 0.29) is 5.41 Å². The topological polar surface area (TPSA) is 12.5 Å². The fourth-order valence-electron chi connectivity index (χ4n) is 10.0. The summed E-state index contributed by atoms with van der Waals surface area (Å²) in [6.07, 6.45) is 2.34. The second kappa shape index (κ2) is 17.5. The van der Waals surface area contributed by atoms with Gasteiger partial charge in [0.2, 0.25) is 0 Å². The van der Waals surface area contributed by atoms with Crippen molar-refractivity contribution in [3.8, 4) is 33.8 Å². The van der Waals surface area contributed by atoms with E-state index in [1.807, 2.05) is 0 Å². The van der Waals surface area contributed by atoms with Crippen LogP contribution >= 0.6 is 0 Å². The van der Waals surface area contributed by atoms with Gasteiger partial charge >= 0.3 is 0 Å². The van der Waals surface area contributed by atoms with E-state index in [9.17, 15) is 0 Å². The summed E-state index contributed by atoms with van der Waals surface area (Å²) < 4.78 is 6.63. The Kier molecular flexibility index (Phi) is 11.7. The Morgan fingerprint density at radius 1 is 0.484 bits per heavy atom. The molecule has 0 heterocycles. The van der Waals surface area contributed by atoms with Crippen molar-refractivity contribution in [2.45, 2.75) is 72.6 Å². The second-order valence-electron chi connectivity index (χ2n) is 19.6. The van der Waals surface area contributed by atoms with Gasteiger partial charge in [0, 0.05) is 17.1 Å². The van der Waals surface area contributed by atoms with Crippen LogP contribution < -0.4 is 9.64 Å². The standard InChI is InChI=1S/C62H61NO/c1-8-61(6,7)44(2)42-58(60(3,4)5)47-30-37-53(38-31-47)64-54-39-32-49(33-40-54)62(48-22-14-10-15-23-48)57-27-19-18-26-55(57)56-41-36-52(43-59(56)62)63(50-24-16-11-17-25-50)51-34-28-46(29-35-51)45-20-12-9-13-21-45/h9-41,43-44,58H,8,42H2,1-7H3. The largest absolute Gasteiger partial charge is 0.457 e. The molecule has 3 atom stereocenters. The summed E-state index contributed by atoms with van der Waals surface area (Å²) in [5.74, 6) is 2.73. The third-order valence-electron chi connectivity index (χ3n) is 14.4. The van der Waals surface area contributed by atoms with Gasteiger partial charge in [-0.3, -0.25) is 0 Å². The summed E-state index contributed by atoms with van der Waals surface area (Å²) in [5, 5.41) is 0. The highest BCUT2D eigenvalue weighted by Crippen LogP contribution is 2.57. The molecule has 64 heavy (non-hydrogen) atoms. The fourth-order valence-corrected chi connectivity index (χ4v) is 10.0. The molecule has 0 bridgehead atoms. The zero-order valence-corrected chi connectivity index (χ0v) is 38.6. The summed E-state index contributed by atoms with van der Waals surface area (Å²) >= 11 is 0. The van der Waals surface area contributed by atoms with E-state index in [0.717, 1.165) is 35.0 Å². The highest BCUT2D eigenvalue weighted by Gasteiger charge is 2.46. The lowest BCUT2D eigenvalue weighted by molar-refractivity contribution is 0.166. The number of fused-ring (bicyclic) bond motifs is 3.